The summed E-state index contributed by atoms with van der Waals surface area (Å²) in [5.74, 6) is 0.355. The summed E-state index contributed by atoms with van der Waals surface area (Å²) >= 11 is 7.93. The minimum Gasteiger partial charge on any atom is -0.464 e. The third kappa shape index (κ3) is 3.42. The van der Waals surface area contributed by atoms with Gasteiger partial charge in [-0.2, -0.15) is 0 Å². The van der Waals surface area contributed by atoms with Gasteiger partial charge in [0.25, 0.3) is 0 Å². The van der Waals surface area contributed by atoms with Gasteiger partial charge in [0.05, 0.1) is 6.61 Å². The number of ether oxygens (including phenoxy) is 1. The molecule has 2 unspecified atom stereocenters. The summed E-state index contributed by atoms with van der Waals surface area (Å²) in [6.45, 7) is 2.35. The highest BCUT2D eigenvalue weighted by Crippen LogP contribution is 2.46. The molecule has 1 heterocycles. The Morgan fingerprint density at radius 3 is 2.71 bits per heavy atom. The summed E-state index contributed by atoms with van der Waals surface area (Å²) in [6.07, 6.45) is 3.67. The summed E-state index contributed by atoms with van der Waals surface area (Å²) in [5, 5.41) is 0.412. The molecular formula is C18H22ClNO3S. The average Bonchev–Trinajstić information content (AvgIpc) is 2.96. The van der Waals surface area contributed by atoms with E-state index >= 15 is 0 Å². The van der Waals surface area contributed by atoms with Crippen molar-refractivity contribution in [2.75, 3.05) is 12.4 Å². The molecule has 1 saturated heterocycles. The lowest BCUT2D eigenvalue weighted by Crippen LogP contribution is -2.47. The average molecular weight is 368 g/mol. The first kappa shape index (κ1) is 17.6. The molecule has 1 aromatic rings. The quantitative estimate of drug-likeness (QED) is 0.737. The first-order chi connectivity index (χ1) is 11.6. The number of carbonyl (C=O) groups is 2. The highest BCUT2D eigenvalue weighted by molar-refractivity contribution is 7.99. The zero-order valence-corrected chi connectivity index (χ0v) is 15.3. The summed E-state index contributed by atoms with van der Waals surface area (Å²) < 4.78 is 5.32. The summed E-state index contributed by atoms with van der Waals surface area (Å²) in [5.41, 5.74) is 0.891. The smallest absolute Gasteiger partial charge is 0.329 e. The van der Waals surface area contributed by atoms with Crippen molar-refractivity contribution in [2.24, 2.45) is 5.92 Å². The summed E-state index contributed by atoms with van der Waals surface area (Å²) in [6, 6.07) is 7.02. The molecule has 130 valence electrons. The molecule has 2 fully saturated rings. The van der Waals surface area contributed by atoms with Crippen molar-refractivity contribution in [3.63, 3.8) is 0 Å². The van der Waals surface area contributed by atoms with Crippen LogP contribution in [0.5, 0.6) is 0 Å². The number of esters is 1. The van der Waals surface area contributed by atoms with E-state index in [2.05, 4.69) is 0 Å². The number of rotatable bonds is 5. The van der Waals surface area contributed by atoms with Crippen LogP contribution < -0.4 is 0 Å². The Morgan fingerprint density at radius 2 is 2.08 bits per heavy atom. The van der Waals surface area contributed by atoms with E-state index in [0.717, 1.165) is 31.2 Å². The molecule has 1 aliphatic heterocycles. The number of hydrogen-bond acceptors (Lipinski definition) is 4. The Bertz CT molecular complexity index is 620. The van der Waals surface area contributed by atoms with Crippen LogP contribution in [0, 0.1) is 5.92 Å². The molecule has 0 spiro atoms. The van der Waals surface area contributed by atoms with Crippen LogP contribution >= 0.6 is 23.4 Å². The highest BCUT2D eigenvalue weighted by atomic mass is 35.5. The molecule has 2 atom stereocenters. The molecule has 0 bridgehead atoms. The van der Waals surface area contributed by atoms with Gasteiger partial charge in [-0.15, -0.1) is 11.8 Å². The van der Waals surface area contributed by atoms with Crippen molar-refractivity contribution in [1.29, 1.82) is 0 Å². The van der Waals surface area contributed by atoms with Gasteiger partial charge in [-0.25, -0.2) is 4.79 Å². The van der Waals surface area contributed by atoms with Crippen LogP contribution in [0.2, 0.25) is 5.02 Å². The van der Waals surface area contributed by atoms with Crippen molar-refractivity contribution >= 4 is 35.2 Å². The highest BCUT2D eigenvalue weighted by Gasteiger charge is 2.46. The van der Waals surface area contributed by atoms with E-state index in [-0.39, 0.29) is 23.2 Å². The van der Waals surface area contributed by atoms with Crippen molar-refractivity contribution < 1.29 is 14.3 Å². The first-order valence-electron chi connectivity index (χ1n) is 8.48. The number of hydrogen-bond donors (Lipinski definition) is 0. The lowest BCUT2D eigenvalue weighted by Gasteiger charge is -2.35. The molecule has 24 heavy (non-hydrogen) atoms. The van der Waals surface area contributed by atoms with Crippen molar-refractivity contribution in [3.05, 3.63) is 34.9 Å². The second kappa shape index (κ2) is 7.79. The lowest BCUT2D eigenvalue weighted by atomic mass is 9.84. The zero-order valence-electron chi connectivity index (χ0n) is 13.7. The third-order valence-corrected chi connectivity index (χ3v) is 6.25. The predicted octanol–water partition coefficient (Wildman–Crippen LogP) is 4.04. The molecule has 2 aliphatic rings. The number of benzene rings is 1. The third-order valence-electron chi connectivity index (χ3n) is 4.60. The van der Waals surface area contributed by atoms with Crippen LogP contribution in [0.3, 0.4) is 0 Å². The molecule has 1 aliphatic carbocycles. The Balaban J connectivity index is 1.86. The Morgan fingerprint density at radius 1 is 1.33 bits per heavy atom. The monoisotopic (exact) mass is 367 g/mol. The van der Waals surface area contributed by atoms with Gasteiger partial charge >= 0.3 is 5.97 Å². The number of carbonyl (C=O) groups excluding carboxylic acids is 2. The van der Waals surface area contributed by atoms with E-state index in [9.17, 15) is 9.59 Å². The van der Waals surface area contributed by atoms with E-state index < -0.39 is 6.04 Å². The predicted molar refractivity (Wildman–Crippen MR) is 95.9 cm³/mol. The molecule has 0 N–H and O–H groups in total. The van der Waals surface area contributed by atoms with Crippen LogP contribution in [-0.4, -0.2) is 35.2 Å². The van der Waals surface area contributed by atoms with Crippen molar-refractivity contribution in [1.82, 2.24) is 4.90 Å². The molecule has 1 aromatic carbocycles. The summed E-state index contributed by atoms with van der Waals surface area (Å²) in [7, 11) is 0. The lowest BCUT2D eigenvalue weighted by molar-refractivity contribution is -0.156. The van der Waals surface area contributed by atoms with Gasteiger partial charge in [-0.3, -0.25) is 4.79 Å². The van der Waals surface area contributed by atoms with Gasteiger partial charge in [0.1, 0.15) is 11.4 Å². The first-order valence-corrected chi connectivity index (χ1v) is 9.91. The normalized spacial score (nSPS) is 23.8. The van der Waals surface area contributed by atoms with Crippen LogP contribution in [0.25, 0.3) is 0 Å². The molecule has 6 heteroatoms. The molecule has 1 saturated carbocycles. The molecular weight excluding hydrogens is 346 g/mol. The fourth-order valence-corrected chi connectivity index (χ4v) is 4.80. The largest absolute Gasteiger partial charge is 0.464 e. The van der Waals surface area contributed by atoms with E-state index in [1.807, 2.05) is 31.2 Å². The molecule has 3 rings (SSSR count). The maximum atomic E-state index is 13.0. The van der Waals surface area contributed by atoms with E-state index in [0.29, 0.717) is 17.4 Å². The Kier molecular flexibility index (Phi) is 5.72. The number of halogens is 1. The van der Waals surface area contributed by atoms with Crippen LogP contribution in [0.1, 0.15) is 43.5 Å². The maximum Gasteiger partial charge on any atom is 0.329 e. The van der Waals surface area contributed by atoms with Crippen LogP contribution in [0.15, 0.2) is 24.3 Å². The van der Waals surface area contributed by atoms with Gasteiger partial charge in [0, 0.05) is 22.3 Å². The minimum absolute atomic E-state index is 0.0372. The summed E-state index contributed by atoms with van der Waals surface area (Å²) in [4.78, 5) is 27.2. The number of amides is 1. The molecule has 1 amide bonds. The van der Waals surface area contributed by atoms with E-state index in [1.54, 1.807) is 16.7 Å². The Hall–Kier alpha value is -1.20. The van der Waals surface area contributed by atoms with Gasteiger partial charge in [0.15, 0.2) is 0 Å². The maximum absolute atomic E-state index is 13.0. The topological polar surface area (TPSA) is 46.6 Å². The SMILES string of the molecule is CCCOC(=O)C1CSC(c2ccccc2Cl)N1C(=O)C1CCC1. The fourth-order valence-electron chi connectivity index (χ4n) is 3.04. The molecule has 0 aromatic heterocycles. The van der Waals surface area contributed by atoms with Crippen molar-refractivity contribution in [3.8, 4) is 0 Å². The van der Waals surface area contributed by atoms with Gasteiger partial charge in [-0.05, 0) is 25.3 Å². The van der Waals surface area contributed by atoms with E-state index in [4.69, 9.17) is 16.3 Å². The number of nitrogens with zero attached hydrogens (tertiary/aromatic N) is 1. The van der Waals surface area contributed by atoms with Crippen molar-refractivity contribution in [2.45, 2.75) is 44.0 Å². The van der Waals surface area contributed by atoms with Crippen LogP contribution in [-0.2, 0) is 14.3 Å². The molecule has 4 nitrogen and oxygen atoms in total. The molecule has 0 radical (unpaired) electrons. The van der Waals surface area contributed by atoms with Gasteiger partial charge in [0.2, 0.25) is 5.91 Å². The number of thioether (sulfide) groups is 1. The van der Waals surface area contributed by atoms with E-state index in [1.165, 1.54) is 0 Å². The van der Waals surface area contributed by atoms with Gasteiger partial charge in [-0.1, -0.05) is 43.1 Å². The standard InChI is InChI=1S/C18H22ClNO3S/c1-2-10-23-18(22)15-11-24-17(13-8-3-4-9-14(13)19)20(15)16(21)12-6-5-7-12/h3-4,8-9,12,15,17H,2,5-7,10-11H2,1H3. The fraction of sp³-hybridized carbons (Fsp3) is 0.556. The Labute approximate surface area is 151 Å². The second-order valence-corrected chi connectivity index (χ2v) is 7.78. The van der Waals surface area contributed by atoms with Crippen LogP contribution in [0.4, 0.5) is 0 Å². The zero-order chi connectivity index (χ0) is 17.1. The minimum atomic E-state index is -0.518. The van der Waals surface area contributed by atoms with Gasteiger partial charge < -0.3 is 9.64 Å². The second-order valence-electron chi connectivity index (χ2n) is 6.26.